The van der Waals surface area contributed by atoms with Gasteiger partial charge in [-0.3, -0.25) is 9.89 Å². The van der Waals surface area contributed by atoms with Crippen LogP contribution in [0.5, 0.6) is 0 Å². The van der Waals surface area contributed by atoms with Crippen LogP contribution >= 0.6 is 0 Å². The van der Waals surface area contributed by atoms with Gasteiger partial charge in [-0.05, 0) is 94.6 Å². The van der Waals surface area contributed by atoms with Gasteiger partial charge in [-0.2, -0.15) is 5.10 Å². The van der Waals surface area contributed by atoms with Crippen molar-refractivity contribution in [1.82, 2.24) is 20.0 Å². The number of amides is 1. The van der Waals surface area contributed by atoms with Gasteiger partial charge in [-0.25, -0.2) is 0 Å². The molecule has 4 heterocycles. The zero-order chi connectivity index (χ0) is 23.1. The number of carbonyl (C=O) groups is 1. The second-order valence-electron chi connectivity index (χ2n) is 11.1. The summed E-state index contributed by atoms with van der Waals surface area (Å²) in [5.74, 6) is 1.09. The maximum absolute atomic E-state index is 14.3. The molecule has 2 atom stereocenters. The van der Waals surface area contributed by atoms with Crippen LogP contribution < -0.4 is 0 Å². The van der Waals surface area contributed by atoms with Crippen LogP contribution in [-0.2, 0) is 17.6 Å². The van der Waals surface area contributed by atoms with E-state index in [2.05, 4.69) is 75.6 Å². The number of hydrogen-bond donors (Lipinski definition) is 1. The highest BCUT2D eigenvalue weighted by molar-refractivity contribution is 5.84. The first kappa shape index (κ1) is 21.8. The molecule has 2 aromatic carbocycles. The van der Waals surface area contributed by atoms with Gasteiger partial charge < -0.3 is 9.80 Å². The van der Waals surface area contributed by atoms with Gasteiger partial charge in [0.15, 0.2) is 0 Å². The van der Waals surface area contributed by atoms with Crippen LogP contribution in [0.3, 0.4) is 0 Å². The molecule has 3 aliphatic heterocycles. The molecule has 3 saturated heterocycles. The Kier molecular flexibility index (Phi) is 5.68. The number of fused-ring (bicyclic) bond motifs is 3. The van der Waals surface area contributed by atoms with E-state index in [9.17, 15) is 4.79 Å². The van der Waals surface area contributed by atoms with Gasteiger partial charge in [0.1, 0.15) is 0 Å². The van der Waals surface area contributed by atoms with Crippen molar-refractivity contribution < 1.29 is 4.79 Å². The molecule has 3 aromatic rings. The number of hydrogen-bond acceptors (Lipinski definition) is 3. The van der Waals surface area contributed by atoms with Crippen molar-refractivity contribution in [3.63, 3.8) is 0 Å². The first-order valence-electron chi connectivity index (χ1n) is 13.1. The van der Waals surface area contributed by atoms with Crippen LogP contribution in [0.25, 0.3) is 10.9 Å². The number of aromatic amines is 1. The van der Waals surface area contributed by atoms with E-state index in [1.807, 2.05) is 6.20 Å². The number of H-pyrrole nitrogens is 1. The van der Waals surface area contributed by atoms with E-state index < -0.39 is 0 Å². The molecule has 6 rings (SSSR count). The predicted octanol–water partition coefficient (Wildman–Crippen LogP) is 4.83. The number of nitrogens with zero attached hydrogens (tertiary/aromatic N) is 3. The number of nitrogens with one attached hydrogen (secondary N) is 1. The normalized spacial score (nSPS) is 26.7. The van der Waals surface area contributed by atoms with Gasteiger partial charge in [0, 0.05) is 17.5 Å². The number of piperidine rings is 2. The first-order chi connectivity index (χ1) is 16.6. The Hall–Kier alpha value is -2.66. The van der Waals surface area contributed by atoms with E-state index in [1.54, 1.807) is 0 Å². The molecule has 0 spiro atoms. The van der Waals surface area contributed by atoms with E-state index in [1.165, 1.54) is 29.4 Å². The summed E-state index contributed by atoms with van der Waals surface area (Å²) in [5.41, 5.74) is 3.57. The standard InChI is InChI=1S/C29H36N4O/c1-32-14-12-29(13-15-32,19-21-6-3-2-4-7-21)28(34)33-24-10-11-25(33)18-22(17-24)16-23-8-5-9-27-26(23)20-30-31-27/h2-9,20,22,24-25H,10-19H2,1H3,(H,30,31)/t24-,25-/m0/s1. The third-order valence-corrected chi connectivity index (χ3v) is 8.93. The molecule has 0 unspecified atom stereocenters. The van der Waals surface area contributed by atoms with Crippen molar-refractivity contribution in [2.45, 2.75) is 63.5 Å². The smallest absolute Gasteiger partial charge is 0.229 e. The molecule has 0 saturated carbocycles. The lowest BCUT2D eigenvalue weighted by Crippen LogP contribution is -2.56. The van der Waals surface area contributed by atoms with Gasteiger partial charge in [0.05, 0.1) is 17.1 Å². The van der Waals surface area contributed by atoms with Gasteiger partial charge in [0.2, 0.25) is 5.91 Å². The molecule has 0 aliphatic carbocycles. The SMILES string of the molecule is CN1CCC(Cc2ccccc2)(C(=O)N2[C@H]3CC[C@H]2CC(Cc2cccc4[nH]ncc24)C3)CC1. The second kappa shape index (κ2) is 8.84. The third-order valence-electron chi connectivity index (χ3n) is 8.93. The summed E-state index contributed by atoms with van der Waals surface area (Å²) in [6.45, 7) is 2.03. The molecular weight excluding hydrogens is 420 g/mol. The van der Waals surface area contributed by atoms with Crippen molar-refractivity contribution >= 4 is 16.8 Å². The summed E-state index contributed by atoms with van der Waals surface area (Å²) in [6.07, 6.45) is 10.5. The lowest BCUT2D eigenvalue weighted by atomic mass is 9.71. The van der Waals surface area contributed by atoms with Crippen molar-refractivity contribution in [1.29, 1.82) is 0 Å². The molecule has 5 nitrogen and oxygen atoms in total. The van der Waals surface area contributed by atoms with Crippen LogP contribution in [0.4, 0.5) is 0 Å². The van der Waals surface area contributed by atoms with Crippen LogP contribution in [0, 0.1) is 11.3 Å². The van der Waals surface area contributed by atoms with Gasteiger partial charge in [-0.15, -0.1) is 0 Å². The minimum atomic E-state index is -0.246. The first-order valence-corrected chi connectivity index (χ1v) is 13.1. The summed E-state index contributed by atoms with van der Waals surface area (Å²) in [6, 6.07) is 18.0. The highest BCUT2D eigenvalue weighted by Gasteiger charge is 2.50. The molecule has 34 heavy (non-hydrogen) atoms. The van der Waals surface area contributed by atoms with Crippen molar-refractivity contribution in [2.75, 3.05) is 20.1 Å². The van der Waals surface area contributed by atoms with Gasteiger partial charge in [0.25, 0.3) is 0 Å². The molecule has 5 heteroatoms. The Balaban J connectivity index is 1.21. The number of carbonyl (C=O) groups excluding carboxylic acids is 1. The average molecular weight is 457 g/mol. The largest absolute Gasteiger partial charge is 0.336 e. The Morgan fingerprint density at radius 1 is 1.03 bits per heavy atom. The van der Waals surface area contributed by atoms with Gasteiger partial charge >= 0.3 is 0 Å². The Labute approximate surface area is 202 Å². The lowest BCUT2D eigenvalue weighted by molar-refractivity contribution is -0.150. The molecule has 1 N–H and O–H groups in total. The quantitative estimate of drug-likeness (QED) is 0.598. The van der Waals surface area contributed by atoms with E-state index in [4.69, 9.17) is 0 Å². The average Bonchev–Trinajstić information content (AvgIpc) is 3.44. The molecule has 0 radical (unpaired) electrons. The second-order valence-corrected chi connectivity index (χ2v) is 11.1. The summed E-state index contributed by atoms with van der Waals surface area (Å²) < 4.78 is 0. The topological polar surface area (TPSA) is 52.2 Å². The zero-order valence-electron chi connectivity index (χ0n) is 20.2. The van der Waals surface area contributed by atoms with E-state index >= 15 is 0 Å². The maximum Gasteiger partial charge on any atom is 0.229 e. The van der Waals surface area contributed by atoms with E-state index in [0.29, 0.717) is 23.9 Å². The Morgan fingerprint density at radius 3 is 2.50 bits per heavy atom. The van der Waals surface area contributed by atoms with Gasteiger partial charge in [-0.1, -0.05) is 42.5 Å². The minimum Gasteiger partial charge on any atom is -0.336 e. The Bertz CT molecular complexity index is 1130. The summed E-state index contributed by atoms with van der Waals surface area (Å²) >= 11 is 0. The fourth-order valence-electron chi connectivity index (χ4n) is 7.08. The summed E-state index contributed by atoms with van der Waals surface area (Å²) in [5, 5.41) is 8.61. The van der Waals surface area contributed by atoms with Crippen LogP contribution in [-0.4, -0.2) is 58.1 Å². The van der Waals surface area contributed by atoms with Crippen molar-refractivity contribution in [2.24, 2.45) is 11.3 Å². The number of aromatic nitrogens is 2. The summed E-state index contributed by atoms with van der Waals surface area (Å²) in [4.78, 5) is 19.1. The minimum absolute atomic E-state index is 0.246. The van der Waals surface area contributed by atoms with E-state index in [-0.39, 0.29) is 5.41 Å². The third kappa shape index (κ3) is 3.94. The highest BCUT2D eigenvalue weighted by Crippen LogP contribution is 2.45. The molecule has 1 amide bonds. The molecule has 3 fully saturated rings. The predicted molar refractivity (Wildman–Crippen MR) is 135 cm³/mol. The fraction of sp³-hybridized carbons (Fsp3) is 0.517. The molecule has 2 bridgehead atoms. The van der Waals surface area contributed by atoms with Crippen molar-refractivity contribution in [3.8, 4) is 0 Å². The monoisotopic (exact) mass is 456 g/mol. The maximum atomic E-state index is 14.3. The molecular formula is C29H36N4O. The molecule has 1 aromatic heterocycles. The fourth-order valence-corrected chi connectivity index (χ4v) is 7.08. The van der Waals surface area contributed by atoms with Crippen LogP contribution in [0.1, 0.15) is 49.7 Å². The van der Waals surface area contributed by atoms with Crippen molar-refractivity contribution in [3.05, 3.63) is 65.9 Å². The summed E-state index contributed by atoms with van der Waals surface area (Å²) in [7, 11) is 2.19. The highest BCUT2D eigenvalue weighted by atomic mass is 16.2. The number of likely N-dealkylation sites (tertiary alicyclic amines) is 1. The number of benzene rings is 2. The molecule has 178 valence electrons. The van der Waals surface area contributed by atoms with E-state index in [0.717, 1.165) is 57.1 Å². The lowest BCUT2D eigenvalue weighted by Gasteiger charge is -2.47. The van der Waals surface area contributed by atoms with Crippen LogP contribution in [0.2, 0.25) is 0 Å². The number of rotatable bonds is 5. The zero-order valence-corrected chi connectivity index (χ0v) is 20.2. The van der Waals surface area contributed by atoms with Crippen LogP contribution in [0.15, 0.2) is 54.7 Å². The molecule has 3 aliphatic rings. The Morgan fingerprint density at radius 2 is 1.76 bits per heavy atom.